The van der Waals surface area contributed by atoms with Crippen molar-refractivity contribution in [1.29, 1.82) is 0 Å². The van der Waals surface area contributed by atoms with Crippen LogP contribution in [0, 0.1) is 28.1 Å². The molecule has 1 fully saturated rings. The van der Waals surface area contributed by atoms with E-state index in [1.807, 2.05) is 13.0 Å². The van der Waals surface area contributed by atoms with Crippen molar-refractivity contribution < 1.29 is 34.8 Å². The summed E-state index contributed by atoms with van der Waals surface area (Å²) in [5, 5.41) is 47.1. The zero-order valence-electron chi connectivity index (χ0n) is 27.6. The Labute approximate surface area is 256 Å². The lowest BCUT2D eigenvalue weighted by atomic mass is 9.43. The van der Waals surface area contributed by atoms with E-state index in [0.29, 0.717) is 18.4 Å². The number of rotatable bonds is 7. The summed E-state index contributed by atoms with van der Waals surface area (Å²) in [6.07, 6.45) is 3.87. The van der Waals surface area contributed by atoms with Crippen LogP contribution in [-0.4, -0.2) is 43.4 Å². The van der Waals surface area contributed by atoms with Crippen molar-refractivity contribution in [3.63, 3.8) is 0 Å². The highest BCUT2D eigenvalue weighted by Gasteiger charge is 2.72. The predicted molar refractivity (Wildman–Crippen MR) is 167 cm³/mol. The molecule has 7 nitrogen and oxygen atoms in total. The minimum atomic E-state index is -2.60. The minimum absolute atomic E-state index is 0.0669. The molecule has 0 saturated heterocycles. The number of aliphatic hydroxyl groups is 3. The van der Waals surface area contributed by atoms with Crippen LogP contribution >= 0.6 is 0 Å². The number of allylic oxidation sites excluding steroid dienone is 1. The minimum Gasteiger partial charge on any atom is -0.508 e. The van der Waals surface area contributed by atoms with Crippen molar-refractivity contribution in [2.24, 2.45) is 28.1 Å². The van der Waals surface area contributed by atoms with Crippen molar-refractivity contribution in [2.75, 3.05) is 0 Å². The Morgan fingerprint density at radius 3 is 2.16 bits per heavy atom. The number of fused-ring (bicyclic) bond motifs is 3. The first-order chi connectivity index (χ1) is 19.6. The van der Waals surface area contributed by atoms with Gasteiger partial charge in [0.05, 0.1) is 5.56 Å². The second-order valence-corrected chi connectivity index (χ2v) is 15.7. The van der Waals surface area contributed by atoms with Crippen molar-refractivity contribution >= 4 is 23.1 Å². The first-order valence-electron chi connectivity index (χ1n) is 15.7. The lowest BCUT2D eigenvalue weighted by Crippen LogP contribution is -2.69. The largest absolute Gasteiger partial charge is 0.508 e. The van der Waals surface area contributed by atoms with Gasteiger partial charge in [0.25, 0.3) is 0 Å². The third kappa shape index (κ3) is 4.86. The van der Waals surface area contributed by atoms with Crippen molar-refractivity contribution in [1.82, 2.24) is 0 Å². The van der Waals surface area contributed by atoms with E-state index in [4.69, 9.17) is 0 Å². The van der Waals surface area contributed by atoms with Gasteiger partial charge in [-0.15, -0.1) is 0 Å². The van der Waals surface area contributed by atoms with Crippen molar-refractivity contribution in [3.05, 3.63) is 45.2 Å². The van der Waals surface area contributed by atoms with Crippen LogP contribution in [0.15, 0.2) is 23.0 Å². The Morgan fingerprint density at radius 1 is 1.05 bits per heavy atom. The zero-order chi connectivity index (χ0) is 32.6. The summed E-state index contributed by atoms with van der Waals surface area (Å²) in [4.78, 5) is 40.8. The zero-order valence-corrected chi connectivity index (χ0v) is 27.6. The topological polar surface area (TPSA) is 132 Å². The summed E-state index contributed by atoms with van der Waals surface area (Å²) in [6.45, 7) is 18.9. The molecule has 4 N–H and O–H groups in total. The van der Waals surface area contributed by atoms with Gasteiger partial charge in [-0.3, -0.25) is 14.4 Å². The summed E-state index contributed by atoms with van der Waals surface area (Å²) in [5.74, 6) is -4.86. The summed E-state index contributed by atoms with van der Waals surface area (Å²) >= 11 is 0. The maximum absolute atomic E-state index is 14.6. The van der Waals surface area contributed by atoms with Crippen LogP contribution in [-0.2, 0) is 27.2 Å². The van der Waals surface area contributed by atoms with Gasteiger partial charge in [0.15, 0.2) is 17.2 Å². The fourth-order valence-electron chi connectivity index (χ4n) is 8.55. The predicted octanol–water partition coefficient (Wildman–Crippen LogP) is 7.07. The highest BCUT2D eigenvalue weighted by molar-refractivity contribution is 6.24. The Balaban J connectivity index is 1.96. The van der Waals surface area contributed by atoms with Crippen molar-refractivity contribution in [3.8, 4) is 5.75 Å². The highest BCUT2D eigenvalue weighted by Crippen LogP contribution is 2.65. The summed E-state index contributed by atoms with van der Waals surface area (Å²) in [6, 6.07) is 2.02. The molecule has 0 bridgehead atoms. The van der Waals surface area contributed by atoms with Gasteiger partial charge in [0.1, 0.15) is 22.8 Å². The quantitative estimate of drug-likeness (QED) is 0.196. The first-order valence-corrected chi connectivity index (χ1v) is 15.7. The van der Waals surface area contributed by atoms with Gasteiger partial charge in [-0.2, -0.15) is 0 Å². The number of unbranched alkanes of at least 4 members (excludes halogenated alkanes) is 1. The van der Waals surface area contributed by atoms with Crippen molar-refractivity contribution in [2.45, 2.75) is 119 Å². The van der Waals surface area contributed by atoms with Gasteiger partial charge in [0, 0.05) is 22.3 Å². The number of Topliss-reactive ketones (excluding diaryl/α,β-unsaturated/α-hetero) is 3. The number of hydrogen-bond donors (Lipinski definition) is 4. The molecule has 3 aliphatic rings. The molecule has 0 heterocycles. The fraction of sp³-hybridized carbons (Fsp3) is 0.639. The third-order valence-corrected chi connectivity index (χ3v) is 10.4. The Kier molecular flexibility index (Phi) is 8.13. The lowest BCUT2D eigenvalue weighted by Gasteiger charge is -2.60. The van der Waals surface area contributed by atoms with E-state index in [1.54, 1.807) is 20.8 Å². The molecule has 43 heavy (non-hydrogen) atoms. The van der Waals surface area contributed by atoms with E-state index in [2.05, 4.69) is 34.6 Å². The average molecular weight is 595 g/mol. The van der Waals surface area contributed by atoms with E-state index in [-0.39, 0.29) is 40.6 Å². The van der Waals surface area contributed by atoms with E-state index in [0.717, 1.165) is 37.3 Å². The van der Waals surface area contributed by atoms with Gasteiger partial charge in [0.2, 0.25) is 5.78 Å². The fourth-order valence-corrected chi connectivity index (χ4v) is 8.55. The second-order valence-electron chi connectivity index (χ2n) is 15.7. The molecule has 0 radical (unpaired) electrons. The molecule has 1 aromatic rings. The monoisotopic (exact) mass is 594 g/mol. The van der Waals surface area contributed by atoms with Crippen LogP contribution < -0.4 is 0 Å². The molecule has 236 valence electrons. The van der Waals surface area contributed by atoms with Crippen LogP contribution in [0.3, 0.4) is 0 Å². The summed E-state index contributed by atoms with van der Waals surface area (Å²) < 4.78 is 0. The third-order valence-electron chi connectivity index (χ3n) is 10.4. The van der Waals surface area contributed by atoms with Crippen LogP contribution in [0.5, 0.6) is 5.75 Å². The van der Waals surface area contributed by atoms with Crippen LogP contribution in [0.25, 0.3) is 5.76 Å². The van der Waals surface area contributed by atoms with Crippen LogP contribution in [0.4, 0.5) is 0 Å². The number of aliphatic hydroxyl groups excluding tert-OH is 2. The number of benzene rings is 1. The number of carbonyl (C=O) groups is 3. The summed E-state index contributed by atoms with van der Waals surface area (Å²) in [7, 11) is 0. The molecule has 1 aromatic carbocycles. The van der Waals surface area contributed by atoms with Gasteiger partial charge >= 0.3 is 0 Å². The molecule has 4 atom stereocenters. The molecule has 1 saturated carbocycles. The lowest BCUT2D eigenvalue weighted by molar-refractivity contribution is -0.178. The van der Waals surface area contributed by atoms with E-state index < -0.39 is 56.8 Å². The first kappa shape index (κ1) is 33.0. The smallest absolute Gasteiger partial charge is 0.203 e. The molecular weight excluding hydrogens is 544 g/mol. The van der Waals surface area contributed by atoms with Gasteiger partial charge in [-0.05, 0) is 73.0 Å². The number of phenolic OH excluding ortho intramolecular Hbond substituents is 1. The molecule has 3 aliphatic carbocycles. The Hall–Kier alpha value is -2.93. The number of hydrogen-bond acceptors (Lipinski definition) is 7. The van der Waals surface area contributed by atoms with Crippen LogP contribution in [0.1, 0.15) is 123 Å². The molecule has 0 spiro atoms. The van der Waals surface area contributed by atoms with Gasteiger partial charge in [-0.1, -0.05) is 74.8 Å². The molecule has 0 aromatic heterocycles. The van der Waals surface area contributed by atoms with E-state index in [9.17, 15) is 34.8 Å². The number of carbonyl (C=O) groups excluding carboxylic acids is 3. The maximum atomic E-state index is 14.6. The standard InChI is InChI=1S/C36H50O7/c1-18(2)22-15-21(13-11-12-14-33(6,7)8)28(38)25-23(22)16-34(9)17-35(10)26(19(3)4)29(39)24(20(5)37)31(41)36(35,43)32(42)27(34)30(25)40/h15,18-19,26,38,40-41,43H,11-14,16-17H2,1-10H3/t26?,34-,35-,36+/m1/s1. The van der Waals surface area contributed by atoms with Crippen LogP contribution in [0.2, 0.25) is 0 Å². The number of aryl methyl sites for hydroxylation is 1. The molecule has 7 heteroatoms. The normalized spacial score (nSPS) is 29.3. The molecule has 0 aliphatic heterocycles. The molecule has 1 unspecified atom stereocenters. The SMILES string of the molecule is CC(=O)C1=C(O)[C@]2(O)C(=O)C3=C(O)c4c(O)c(CCCCC(C)(C)C)cc(C(C)C)c4C[C@]3(C)C[C@]2(C)C(C(C)C)C1=O. The maximum Gasteiger partial charge on any atom is 0.203 e. The molecule has 0 amide bonds. The number of aromatic hydroxyl groups is 1. The molecule has 4 rings (SSSR count). The highest BCUT2D eigenvalue weighted by atomic mass is 16.3. The molecular formula is C36H50O7. The van der Waals surface area contributed by atoms with E-state index in [1.165, 1.54) is 0 Å². The van der Waals surface area contributed by atoms with E-state index >= 15 is 0 Å². The number of ketones is 3. The average Bonchev–Trinajstić information content (AvgIpc) is 2.83. The Morgan fingerprint density at radius 2 is 1.65 bits per heavy atom. The summed E-state index contributed by atoms with van der Waals surface area (Å²) in [5.41, 5.74) is -2.88. The van der Waals surface area contributed by atoms with Gasteiger partial charge in [-0.25, -0.2) is 0 Å². The second kappa shape index (κ2) is 10.6. The Bertz CT molecular complexity index is 1450. The van der Waals surface area contributed by atoms with Gasteiger partial charge < -0.3 is 20.4 Å². The number of phenols is 1.